The number of nitrogens with zero attached hydrogens (tertiary/aromatic N) is 2. The van der Waals surface area contributed by atoms with E-state index in [0.29, 0.717) is 6.04 Å². The molecule has 0 amide bonds. The molecule has 0 radical (unpaired) electrons. The molecule has 1 aromatic rings. The first-order valence-corrected chi connectivity index (χ1v) is 6.87. The zero-order chi connectivity index (χ0) is 13.8. The number of aryl methyl sites for hydroxylation is 2. The highest BCUT2D eigenvalue weighted by Gasteiger charge is 2.25. The van der Waals surface area contributed by atoms with E-state index in [4.69, 9.17) is 0 Å². The fraction of sp³-hybridized carbons (Fsp3) is 0.733. The average molecular weight is 249 g/mol. The Morgan fingerprint density at radius 2 is 1.72 bits per heavy atom. The van der Waals surface area contributed by atoms with Crippen LogP contribution in [0.2, 0.25) is 0 Å². The Balaban J connectivity index is 2.82. The van der Waals surface area contributed by atoms with Crippen molar-refractivity contribution in [2.75, 3.05) is 6.54 Å². The molecule has 0 aromatic carbocycles. The Morgan fingerprint density at radius 3 is 2.17 bits per heavy atom. The molecule has 1 rings (SSSR count). The maximum Gasteiger partial charge on any atom is 0.130 e. The van der Waals surface area contributed by atoms with E-state index in [1.165, 1.54) is 0 Å². The van der Waals surface area contributed by atoms with E-state index in [2.05, 4.69) is 43.0 Å². The molecule has 1 aromatic heterocycles. The van der Waals surface area contributed by atoms with Crippen molar-refractivity contribution >= 4 is 0 Å². The van der Waals surface area contributed by atoms with Gasteiger partial charge in [0.1, 0.15) is 5.82 Å². The van der Waals surface area contributed by atoms with E-state index in [0.717, 1.165) is 36.6 Å². The van der Waals surface area contributed by atoms with Gasteiger partial charge in [0.25, 0.3) is 0 Å². The summed E-state index contributed by atoms with van der Waals surface area (Å²) in [7, 11) is 0. The molecule has 3 heteroatoms. The van der Waals surface area contributed by atoms with Gasteiger partial charge >= 0.3 is 0 Å². The topological polar surface area (TPSA) is 37.8 Å². The van der Waals surface area contributed by atoms with Crippen LogP contribution in [0.25, 0.3) is 0 Å². The summed E-state index contributed by atoms with van der Waals surface area (Å²) in [4.78, 5) is 9.09. The third-order valence-corrected chi connectivity index (χ3v) is 3.10. The van der Waals surface area contributed by atoms with Crippen molar-refractivity contribution in [2.24, 2.45) is 5.41 Å². The van der Waals surface area contributed by atoms with Gasteiger partial charge in [-0.15, -0.1) is 0 Å². The zero-order valence-corrected chi connectivity index (χ0v) is 12.7. The van der Waals surface area contributed by atoms with Gasteiger partial charge in [-0.3, -0.25) is 0 Å². The summed E-state index contributed by atoms with van der Waals surface area (Å²) < 4.78 is 0. The number of aromatic nitrogens is 2. The van der Waals surface area contributed by atoms with Gasteiger partial charge in [-0.2, -0.15) is 0 Å². The molecule has 0 aliphatic heterocycles. The molecule has 1 heterocycles. The smallest absolute Gasteiger partial charge is 0.130 e. The Hall–Kier alpha value is -0.960. The van der Waals surface area contributed by atoms with Crippen LogP contribution in [0.1, 0.15) is 51.3 Å². The summed E-state index contributed by atoms with van der Waals surface area (Å²) in [5, 5.41) is 3.62. The first kappa shape index (κ1) is 15.1. The third kappa shape index (κ3) is 4.73. The SMILES string of the molecule is CCCNC(Cc1nc(C)cc(C)n1)C(C)(C)C. The van der Waals surface area contributed by atoms with Gasteiger partial charge < -0.3 is 5.32 Å². The van der Waals surface area contributed by atoms with Gasteiger partial charge in [-0.05, 0) is 38.3 Å². The lowest BCUT2D eigenvalue weighted by Gasteiger charge is -2.31. The second-order valence-corrected chi connectivity index (χ2v) is 6.14. The molecule has 18 heavy (non-hydrogen) atoms. The summed E-state index contributed by atoms with van der Waals surface area (Å²) in [6.45, 7) is 14.1. The minimum atomic E-state index is 0.218. The Kier molecular flexibility index (Phi) is 5.27. The van der Waals surface area contributed by atoms with Crippen molar-refractivity contribution in [3.05, 3.63) is 23.3 Å². The first-order valence-electron chi connectivity index (χ1n) is 6.87. The van der Waals surface area contributed by atoms with Crippen LogP contribution in [0.5, 0.6) is 0 Å². The van der Waals surface area contributed by atoms with Crippen LogP contribution in [0.4, 0.5) is 0 Å². The predicted molar refractivity (Wildman–Crippen MR) is 76.7 cm³/mol. The van der Waals surface area contributed by atoms with E-state index in [1.807, 2.05) is 19.9 Å². The lowest BCUT2D eigenvalue weighted by molar-refractivity contribution is 0.263. The lowest BCUT2D eigenvalue weighted by Crippen LogP contribution is -2.42. The predicted octanol–water partition coefficient (Wildman–Crippen LogP) is 3.05. The van der Waals surface area contributed by atoms with Gasteiger partial charge in [0.05, 0.1) is 0 Å². The van der Waals surface area contributed by atoms with Crippen LogP contribution in [0.15, 0.2) is 6.07 Å². The largest absolute Gasteiger partial charge is 0.313 e. The van der Waals surface area contributed by atoms with E-state index in [1.54, 1.807) is 0 Å². The van der Waals surface area contributed by atoms with Crippen LogP contribution in [0.3, 0.4) is 0 Å². The van der Waals surface area contributed by atoms with Crippen LogP contribution in [-0.2, 0) is 6.42 Å². The Morgan fingerprint density at radius 1 is 1.17 bits per heavy atom. The summed E-state index contributed by atoms with van der Waals surface area (Å²) in [6, 6.07) is 2.44. The van der Waals surface area contributed by atoms with Crippen LogP contribution < -0.4 is 5.32 Å². The number of hydrogen-bond donors (Lipinski definition) is 1. The number of rotatable bonds is 5. The molecular formula is C15H27N3. The standard InChI is InChI=1S/C15H27N3/c1-7-8-16-13(15(4,5)6)10-14-17-11(2)9-12(3)18-14/h9,13,16H,7-8,10H2,1-6H3. The monoisotopic (exact) mass is 249 g/mol. The summed E-state index contributed by atoms with van der Waals surface area (Å²) in [6.07, 6.45) is 2.05. The lowest BCUT2D eigenvalue weighted by atomic mass is 9.84. The molecule has 1 unspecified atom stereocenters. The Labute approximate surface area is 111 Å². The molecule has 1 atom stereocenters. The molecule has 0 spiro atoms. The molecule has 1 N–H and O–H groups in total. The van der Waals surface area contributed by atoms with Crippen molar-refractivity contribution < 1.29 is 0 Å². The molecule has 102 valence electrons. The molecule has 0 saturated carbocycles. The second-order valence-electron chi connectivity index (χ2n) is 6.14. The molecule has 0 aliphatic carbocycles. The van der Waals surface area contributed by atoms with Crippen molar-refractivity contribution in [1.82, 2.24) is 15.3 Å². The van der Waals surface area contributed by atoms with Gasteiger partial charge in [0.15, 0.2) is 0 Å². The van der Waals surface area contributed by atoms with Crippen molar-refractivity contribution in [2.45, 2.75) is 60.4 Å². The van der Waals surface area contributed by atoms with Crippen LogP contribution >= 0.6 is 0 Å². The van der Waals surface area contributed by atoms with Crippen molar-refractivity contribution in [3.8, 4) is 0 Å². The minimum Gasteiger partial charge on any atom is -0.313 e. The molecule has 0 saturated heterocycles. The summed E-state index contributed by atoms with van der Waals surface area (Å²) in [5.74, 6) is 0.955. The van der Waals surface area contributed by atoms with Crippen molar-refractivity contribution in [3.63, 3.8) is 0 Å². The molecule has 3 nitrogen and oxygen atoms in total. The van der Waals surface area contributed by atoms with E-state index < -0.39 is 0 Å². The maximum atomic E-state index is 4.54. The second kappa shape index (κ2) is 6.28. The average Bonchev–Trinajstić information content (AvgIpc) is 2.21. The number of hydrogen-bond acceptors (Lipinski definition) is 3. The highest BCUT2D eigenvalue weighted by molar-refractivity contribution is 5.09. The molecule has 0 aliphatic rings. The quantitative estimate of drug-likeness (QED) is 0.871. The number of nitrogens with one attached hydrogen (secondary N) is 1. The van der Waals surface area contributed by atoms with Gasteiger partial charge in [-0.1, -0.05) is 27.7 Å². The highest BCUT2D eigenvalue weighted by atomic mass is 15.0. The third-order valence-electron chi connectivity index (χ3n) is 3.10. The van der Waals surface area contributed by atoms with E-state index >= 15 is 0 Å². The van der Waals surface area contributed by atoms with Crippen molar-refractivity contribution in [1.29, 1.82) is 0 Å². The van der Waals surface area contributed by atoms with Crippen LogP contribution in [0, 0.1) is 19.3 Å². The Bertz CT molecular complexity index is 360. The molecular weight excluding hydrogens is 222 g/mol. The minimum absolute atomic E-state index is 0.218. The van der Waals surface area contributed by atoms with Gasteiger partial charge in [-0.25, -0.2) is 9.97 Å². The normalized spacial score (nSPS) is 13.7. The fourth-order valence-electron chi connectivity index (χ4n) is 2.08. The molecule has 0 bridgehead atoms. The van der Waals surface area contributed by atoms with Gasteiger partial charge in [0.2, 0.25) is 0 Å². The van der Waals surface area contributed by atoms with E-state index in [-0.39, 0.29) is 5.41 Å². The molecule has 0 fully saturated rings. The maximum absolute atomic E-state index is 4.54. The summed E-state index contributed by atoms with van der Waals surface area (Å²) in [5.41, 5.74) is 2.33. The zero-order valence-electron chi connectivity index (χ0n) is 12.7. The highest BCUT2D eigenvalue weighted by Crippen LogP contribution is 2.22. The fourth-order valence-corrected chi connectivity index (χ4v) is 2.08. The van der Waals surface area contributed by atoms with Gasteiger partial charge in [0, 0.05) is 23.9 Å². The summed E-state index contributed by atoms with van der Waals surface area (Å²) >= 11 is 0. The van der Waals surface area contributed by atoms with E-state index in [9.17, 15) is 0 Å². The first-order chi connectivity index (χ1) is 8.32. The van der Waals surface area contributed by atoms with Crippen LogP contribution in [-0.4, -0.2) is 22.6 Å².